The molecule has 1 saturated heterocycles. The molecule has 0 radical (unpaired) electrons. The Bertz CT molecular complexity index is 243. The number of hydrogen-bond acceptors (Lipinski definition) is 3. The number of aliphatic hydroxyl groups is 1. The summed E-state index contributed by atoms with van der Waals surface area (Å²) in [5.74, 6) is 0. The highest BCUT2D eigenvalue weighted by molar-refractivity contribution is 4.91. The topological polar surface area (TPSA) is 49.5 Å². The first kappa shape index (κ1) is 14.9. The Hall–Kier alpha value is -0.120. The van der Waals surface area contributed by atoms with Crippen LogP contribution in [0.5, 0.6) is 0 Å². The second-order valence-corrected chi connectivity index (χ2v) is 7.06. The average molecular weight is 242 g/mol. The van der Waals surface area contributed by atoms with Gasteiger partial charge >= 0.3 is 0 Å². The van der Waals surface area contributed by atoms with Crippen molar-refractivity contribution >= 4 is 0 Å². The van der Waals surface area contributed by atoms with Gasteiger partial charge in [-0.25, -0.2) is 0 Å². The SMILES string of the molecule is CC(N)C(N1CCCC(C)(O)CC1)C(C)(C)C. The lowest BCUT2D eigenvalue weighted by Gasteiger charge is -2.42. The Morgan fingerprint density at radius 2 is 1.82 bits per heavy atom. The van der Waals surface area contributed by atoms with Gasteiger partial charge in [-0.3, -0.25) is 4.90 Å². The molecule has 0 saturated carbocycles. The molecule has 0 spiro atoms. The van der Waals surface area contributed by atoms with Crippen LogP contribution in [0.1, 0.15) is 53.9 Å². The van der Waals surface area contributed by atoms with Crippen LogP contribution in [0.15, 0.2) is 0 Å². The summed E-state index contributed by atoms with van der Waals surface area (Å²) in [6.45, 7) is 12.8. The van der Waals surface area contributed by atoms with Gasteiger partial charge in [0.15, 0.2) is 0 Å². The average Bonchev–Trinajstić information content (AvgIpc) is 2.25. The zero-order valence-electron chi connectivity index (χ0n) is 12.2. The Morgan fingerprint density at radius 1 is 1.24 bits per heavy atom. The Balaban J connectivity index is 2.76. The molecule has 0 aromatic heterocycles. The predicted octanol–water partition coefficient (Wildman–Crippen LogP) is 1.99. The van der Waals surface area contributed by atoms with E-state index in [-0.39, 0.29) is 11.5 Å². The van der Waals surface area contributed by atoms with E-state index < -0.39 is 5.60 Å². The fourth-order valence-corrected chi connectivity index (χ4v) is 3.23. The van der Waals surface area contributed by atoms with Crippen LogP contribution in [0.2, 0.25) is 0 Å². The zero-order chi connectivity index (χ0) is 13.3. The van der Waals surface area contributed by atoms with Gasteiger partial charge in [-0.05, 0) is 45.1 Å². The van der Waals surface area contributed by atoms with Gasteiger partial charge in [0.2, 0.25) is 0 Å². The minimum Gasteiger partial charge on any atom is -0.390 e. The molecule has 1 rings (SSSR count). The van der Waals surface area contributed by atoms with Gasteiger partial charge in [-0.15, -0.1) is 0 Å². The van der Waals surface area contributed by atoms with Gasteiger partial charge in [-0.2, -0.15) is 0 Å². The fraction of sp³-hybridized carbons (Fsp3) is 1.00. The van der Waals surface area contributed by atoms with E-state index in [0.717, 1.165) is 32.4 Å². The standard InChI is InChI=1S/C14H30N2O/c1-11(15)12(13(2,3)4)16-9-6-7-14(5,17)8-10-16/h11-12,17H,6-10,15H2,1-5H3. The van der Waals surface area contributed by atoms with E-state index in [1.807, 2.05) is 6.92 Å². The molecule has 17 heavy (non-hydrogen) atoms. The van der Waals surface area contributed by atoms with Crippen LogP contribution in [0.4, 0.5) is 0 Å². The van der Waals surface area contributed by atoms with Crippen LogP contribution in [-0.4, -0.2) is 40.8 Å². The maximum Gasteiger partial charge on any atom is 0.0632 e. The number of likely N-dealkylation sites (tertiary alicyclic amines) is 1. The molecule has 3 atom stereocenters. The highest BCUT2D eigenvalue weighted by Crippen LogP contribution is 2.30. The summed E-state index contributed by atoms with van der Waals surface area (Å²) in [7, 11) is 0. The first-order valence-corrected chi connectivity index (χ1v) is 6.85. The van der Waals surface area contributed by atoms with Gasteiger partial charge in [0.05, 0.1) is 5.60 Å². The number of hydrogen-bond donors (Lipinski definition) is 2. The Labute approximate surface area is 106 Å². The third kappa shape index (κ3) is 4.23. The number of nitrogens with two attached hydrogens (primary N) is 1. The smallest absolute Gasteiger partial charge is 0.0632 e. The fourth-order valence-electron chi connectivity index (χ4n) is 3.23. The summed E-state index contributed by atoms with van der Waals surface area (Å²) in [6.07, 6.45) is 2.82. The molecule has 1 heterocycles. The molecule has 0 amide bonds. The highest BCUT2D eigenvalue weighted by Gasteiger charge is 2.35. The van der Waals surface area contributed by atoms with Gasteiger partial charge in [0.25, 0.3) is 0 Å². The van der Waals surface area contributed by atoms with Crippen molar-refractivity contribution in [2.75, 3.05) is 13.1 Å². The van der Waals surface area contributed by atoms with E-state index in [2.05, 4.69) is 32.6 Å². The number of nitrogens with zero attached hydrogens (tertiary/aromatic N) is 1. The first-order valence-electron chi connectivity index (χ1n) is 6.85. The van der Waals surface area contributed by atoms with Crippen molar-refractivity contribution in [1.29, 1.82) is 0 Å². The third-order valence-corrected chi connectivity index (χ3v) is 3.88. The first-order chi connectivity index (χ1) is 7.63. The van der Waals surface area contributed by atoms with Crippen LogP contribution in [-0.2, 0) is 0 Å². The quantitative estimate of drug-likeness (QED) is 0.778. The van der Waals surface area contributed by atoms with E-state index in [4.69, 9.17) is 5.73 Å². The molecule has 1 aliphatic heterocycles. The summed E-state index contributed by atoms with van der Waals surface area (Å²) in [5.41, 5.74) is 5.86. The molecular weight excluding hydrogens is 212 g/mol. The highest BCUT2D eigenvalue weighted by atomic mass is 16.3. The zero-order valence-corrected chi connectivity index (χ0v) is 12.2. The summed E-state index contributed by atoms with van der Waals surface area (Å²) in [6, 6.07) is 0.550. The molecule has 102 valence electrons. The molecule has 3 N–H and O–H groups in total. The molecule has 1 fully saturated rings. The third-order valence-electron chi connectivity index (χ3n) is 3.88. The van der Waals surface area contributed by atoms with Gasteiger partial charge in [-0.1, -0.05) is 20.8 Å². The van der Waals surface area contributed by atoms with Crippen molar-refractivity contribution in [3.8, 4) is 0 Å². The number of rotatable bonds is 2. The molecule has 1 aliphatic rings. The minimum atomic E-state index is -0.491. The monoisotopic (exact) mass is 242 g/mol. The largest absolute Gasteiger partial charge is 0.390 e. The van der Waals surface area contributed by atoms with Gasteiger partial charge in [0, 0.05) is 18.6 Å². The predicted molar refractivity (Wildman–Crippen MR) is 72.9 cm³/mol. The summed E-state index contributed by atoms with van der Waals surface area (Å²) in [5, 5.41) is 10.1. The van der Waals surface area contributed by atoms with Gasteiger partial charge in [0.1, 0.15) is 0 Å². The van der Waals surface area contributed by atoms with Crippen molar-refractivity contribution in [3.63, 3.8) is 0 Å². The van der Waals surface area contributed by atoms with E-state index in [0.29, 0.717) is 6.04 Å². The van der Waals surface area contributed by atoms with Crippen molar-refractivity contribution < 1.29 is 5.11 Å². The summed E-state index contributed by atoms with van der Waals surface area (Å²) in [4.78, 5) is 2.48. The normalized spacial score (nSPS) is 31.9. The van der Waals surface area contributed by atoms with Gasteiger partial charge < -0.3 is 10.8 Å². The van der Waals surface area contributed by atoms with Crippen LogP contribution < -0.4 is 5.73 Å². The van der Waals surface area contributed by atoms with E-state index in [1.165, 1.54) is 0 Å². The summed E-state index contributed by atoms with van der Waals surface area (Å²) < 4.78 is 0. The lowest BCUT2D eigenvalue weighted by molar-refractivity contribution is 0.0354. The molecule has 3 unspecified atom stereocenters. The molecular formula is C14H30N2O. The Morgan fingerprint density at radius 3 is 2.29 bits per heavy atom. The maximum absolute atomic E-state index is 10.1. The molecule has 0 bridgehead atoms. The van der Waals surface area contributed by atoms with Crippen molar-refractivity contribution in [2.45, 2.75) is 71.6 Å². The second-order valence-electron chi connectivity index (χ2n) is 7.06. The molecule has 0 aliphatic carbocycles. The molecule has 3 heteroatoms. The van der Waals surface area contributed by atoms with Crippen LogP contribution >= 0.6 is 0 Å². The van der Waals surface area contributed by atoms with E-state index >= 15 is 0 Å². The van der Waals surface area contributed by atoms with Crippen LogP contribution in [0.25, 0.3) is 0 Å². The summed E-state index contributed by atoms with van der Waals surface area (Å²) >= 11 is 0. The lowest BCUT2D eigenvalue weighted by Crippen LogP contribution is -2.54. The second kappa shape index (κ2) is 5.25. The van der Waals surface area contributed by atoms with E-state index in [9.17, 15) is 5.11 Å². The van der Waals surface area contributed by atoms with Crippen LogP contribution in [0, 0.1) is 5.41 Å². The maximum atomic E-state index is 10.1. The molecule has 0 aromatic carbocycles. The minimum absolute atomic E-state index is 0.165. The van der Waals surface area contributed by atoms with Crippen molar-refractivity contribution in [2.24, 2.45) is 11.1 Å². The lowest BCUT2D eigenvalue weighted by atomic mass is 9.81. The van der Waals surface area contributed by atoms with Crippen LogP contribution in [0.3, 0.4) is 0 Å². The van der Waals surface area contributed by atoms with Crippen molar-refractivity contribution in [3.05, 3.63) is 0 Å². The van der Waals surface area contributed by atoms with E-state index in [1.54, 1.807) is 0 Å². The van der Waals surface area contributed by atoms with Crippen molar-refractivity contribution in [1.82, 2.24) is 4.90 Å². The molecule has 0 aromatic rings. The Kier molecular flexibility index (Phi) is 4.61. The molecule has 3 nitrogen and oxygen atoms in total.